The van der Waals surface area contributed by atoms with E-state index in [-0.39, 0.29) is 38.2 Å². The molecule has 170 valence electrons. The SMILES string of the molecule is CCOCC(COCCP(=O)(OCC)OCC)OCCP(=O)(OCC)OCC. The fraction of sp³-hybridized carbons (Fsp3) is 1.00. The summed E-state index contributed by atoms with van der Waals surface area (Å²) in [6.45, 7) is 11.7. The van der Waals surface area contributed by atoms with Crippen molar-refractivity contribution in [1.82, 2.24) is 0 Å². The Hall–Kier alpha value is 0.180. The number of hydrogen-bond donors (Lipinski definition) is 0. The molecule has 9 nitrogen and oxygen atoms in total. The van der Waals surface area contributed by atoms with Gasteiger partial charge >= 0.3 is 15.2 Å². The Balaban J connectivity index is 4.43. The largest absolute Gasteiger partial charge is 0.379 e. The summed E-state index contributed by atoms with van der Waals surface area (Å²) in [6, 6.07) is 0. The van der Waals surface area contributed by atoms with Crippen LogP contribution in [0.1, 0.15) is 34.6 Å². The van der Waals surface area contributed by atoms with Gasteiger partial charge in [0.05, 0.1) is 65.2 Å². The van der Waals surface area contributed by atoms with Gasteiger partial charge in [-0.2, -0.15) is 0 Å². The topological polar surface area (TPSA) is 98.8 Å². The van der Waals surface area contributed by atoms with Gasteiger partial charge in [-0.25, -0.2) is 0 Å². The second-order valence-electron chi connectivity index (χ2n) is 5.57. The molecule has 0 aromatic heterocycles. The maximum Gasteiger partial charge on any atom is 0.332 e. The van der Waals surface area contributed by atoms with Crippen LogP contribution in [0.4, 0.5) is 0 Å². The van der Waals surface area contributed by atoms with Crippen LogP contribution in [0.25, 0.3) is 0 Å². The lowest BCUT2D eigenvalue weighted by molar-refractivity contribution is -0.0528. The van der Waals surface area contributed by atoms with Crippen molar-refractivity contribution >= 4 is 15.2 Å². The summed E-state index contributed by atoms with van der Waals surface area (Å²) in [4.78, 5) is 0. The molecule has 0 rings (SSSR count). The summed E-state index contributed by atoms with van der Waals surface area (Å²) in [5.41, 5.74) is 0. The van der Waals surface area contributed by atoms with Gasteiger partial charge in [-0.3, -0.25) is 9.13 Å². The quantitative estimate of drug-likeness (QED) is 0.202. The van der Waals surface area contributed by atoms with E-state index in [4.69, 9.17) is 32.3 Å². The maximum atomic E-state index is 12.5. The molecule has 0 amide bonds. The summed E-state index contributed by atoms with van der Waals surface area (Å²) < 4.78 is 62.5. The van der Waals surface area contributed by atoms with Crippen molar-refractivity contribution in [1.29, 1.82) is 0 Å². The Kier molecular flexibility index (Phi) is 17.0. The zero-order valence-electron chi connectivity index (χ0n) is 17.9. The average Bonchev–Trinajstić information content (AvgIpc) is 2.63. The molecule has 1 atom stereocenters. The molecule has 0 aromatic rings. The lowest BCUT2D eigenvalue weighted by Gasteiger charge is -2.21. The predicted molar refractivity (Wildman–Crippen MR) is 109 cm³/mol. The Bertz CT molecular complexity index is 442. The molecular formula is C17H38O9P2. The van der Waals surface area contributed by atoms with Crippen molar-refractivity contribution in [2.75, 3.05) is 71.8 Å². The molecular weight excluding hydrogens is 410 g/mol. The number of ether oxygens (including phenoxy) is 3. The van der Waals surface area contributed by atoms with Crippen molar-refractivity contribution < 1.29 is 41.4 Å². The number of hydrogen-bond acceptors (Lipinski definition) is 9. The van der Waals surface area contributed by atoms with Gasteiger partial charge in [0.15, 0.2) is 0 Å². The standard InChI is InChI=1S/C17H38O9P2/c1-6-20-15-17(22-12-14-28(19,25-9-4)26-10-5)16-21-11-13-27(18,23-7-2)24-8-3/h17H,6-16H2,1-5H3. The van der Waals surface area contributed by atoms with Crippen molar-refractivity contribution in [2.45, 2.75) is 40.7 Å². The van der Waals surface area contributed by atoms with Crippen LogP contribution in [0, 0.1) is 0 Å². The smallest absolute Gasteiger partial charge is 0.332 e. The normalized spacial score (nSPS) is 13.8. The first-order valence-corrected chi connectivity index (χ1v) is 13.4. The second kappa shape index (κ2) is 16.9. The molecule has 0 saturated carbocycles. The van der Waals surface area contributed by atoms with E-state index in [1.54, 1.807) is 27.7 Å². The molecule has 0 saturated heterocycles. The summed E-state index contributed by atoms with van der Waals surface area (Å²) >= 11 is 0. The first kappa shape index (κ1) is 28.2. The van der Waals surface area contributed by atoms with Crippen molar-refractivity contribution in [3.8, 4) is 0 Å². The van der Waals surface area contributed by atoms with Gasteiger partial charge in [-0.05, 0) is 34.6 Å². The van der Waals surface area contributed by atoms with Crippen molar-refractivity contribution in [2.24, 2.45) is 0 Å². The van der Waals surface area contributed by atoms with Gasteiger partial charge < -0.3 is 32.3 Å². The summed E-state index contributed by atoms with van der Waals surface area (Å²) in [5, 5.41) is 0. The van der Waals surface area contributed by atoms with E-state index >= 15 is 0 Å². The van der Waals surface area contributed by atoms with Gasteiger partial charge in [0.25, 0.3) is 0 Å². The van der Waals surface area contributed by atoms with E-state index in [2.05, 4.69) is 0 Å². The molecule has 0 heterocycles. The highest BCUT2D eigenvalue weighted by atomic mass is 31.2. The third kappa shape index (κ3) is 13.4. The fourth-order valence-corrected chi connectivity index (χ4v) is 5.16. The van der Waals surface area contributed by atoms with Gasteiger partial charge in [0, 0.05) is 6.61 Å². The van der Waals surface area contributed by atoms with Crippen LogP contribution in [0.5, 0.6) is 0 Å². The Morgan fingerprint density at radius 3 is 1.46 bits per heavy atom. The summed E-state index contributed by atoms with van der Waals surface area (Å²) in [6.07, 6.45) is -0.0311. The van der Waals surface area contributed by atoms with Crippen molar-refractivity contribution in [3.63, 3.8) is 0 Å². The molecule has 0 bridgehead atoms. The van der Waals surface area contributed by atoms with Gasteiger partial charge in [0.2, 0.25) is 0 Å². The minimum atomic E-state index is -3.15. The average molecular weight is 448 g/mol. The van der Waals surface area contributed by atoms with E-state index in [1.165, 1.54) is 0 Å². The second-order valence-corrected chi connectivity index (χ2v) is 9.94. The maximum absolute atomic E-state index is 12.5. The summed E-state index contributed by atoms with van der Waals surface area (Å²) in [7, 11) is -6.27. The highest BCUT2D eigenvalue weighted by Crippen LogP contribution is 2.48. The van der Waals surface area contributed by atoms with E-state index in [0.29, 0.717) is 39.6 Å². The fourth-order valence-electron chi connectivity index (χ4n) is 2.24. The number of rotatable bonds is 20. The molecule has 0 aliphatic heterocycles. The highest BCUT2D eigenvalue weighted by Gasteiger charge is 2.25. The zero-order valence-corrected chi connectivity index (χ0v) is 19.7. The van der Waals surface area contributed by atoms with Crippen LogP contribution in [-0.4, -0.2) is 77.9 Å². The first-order chi connectivity index (χ1) is 13.4. The van der Waals surface area contributed by atoms with Gasteiger partial charge in [0.1, 0.15) is 6.10 Å². The monoisotopic (exact) mass is 448 g/mol. The molecule has 0 aromatic carbocycles. The van der Waals surface area contributed by atoms with E-state index in [9.17, 15) is 9.13 Å². The Morgan fingerprint density at radius 1 is 0.607 bits per heavy atom. The Morgan fingerprint density at radius 2 is 1.04 bits per heavy atom. The molecule has 0 aliphatic carbocycles. The first-order valence-electron chi connectivity index (χ1n) is 9.91. The Labute approximate surface area is 169 Å². The van der Waals surface area contributed by atoms with Crippen LogP contribution in [0.2, 0.25) is 0 Å². The van der Waals surface area contributed by atoms with Crippen LogP contribution in [0.3, 0.4) is 0 Å². The lowest BCUT2D eigenvalue weighted by Crippen LogP contribution is -2.28. The predicted octanol–water partition coefficient (Wildman–Crippen LogP) is 3.96. The lowest BCUT2D eigenvalue weighted by atomic mass is 10.4. The zero-order chi connectivity index (χ0) is 21.3. The van der Waals surface area contributed by atoms with E-state index < -0.39 is 15.2 Å². The van der Waals surface area contributed by atoms with Gasteiger partial charge in [-0.1, -0.05) is 0 Å². The third-order valence-electron chi connectivity index (χ3n) is 3.34. The molecule has 0 N–H and O–H groups in total. The molecule has 28 heavy (non-hydrogen) atoms. The van der Waals surface area contributed by atoms with Crippen molar-refractivity contribution in [3.05, 3.63) is 0 Å². The third-order valence-corrected chi connectivity index (χ3v) is 7.41. The van der Waals surface area contributed by atoms with Crippen LogP contribution in [-0.2, 0) is 41.4 Å². The van der Waals surface area contributed by atoms with E-state index in [1.807, 2.05) is 6.92 Å². The summed E-state index contributed by atoms with van der Waals surface area (Å²) in [5.74, 6) is 0. The van der Waals surface area contributed by atoms with Gasteiger partial charge in [-0.15, -0.1) is 0 Å². The molecule has 11 heteroatoms. The minimum Gasteiger partial charge on any atom is -0.379 e. The molecule has 0 aliphatic rings. The van der Waals surface area contributed by atoms with E-state index in [0.717, 1.165) is 0 Å². The molecule has 1 unspecified atom stereocenters. The minimum absolute atomic E-state index is 0.154. The van der Waals surface area contributed by atoms with Crippen LogP contribution < -0.4 is 0 Å². The molecule has 0 fully saturated rings. The van der Waals surface area contributed by atoms with Crippen LogP contribution >= 0.6 is 15.2 Å². The highest BCUT2D eigenvalue weighted by molar-refractivity contribution is 7.54. The molecule has 0 radical (unpaired) electrons. The molecule has 0 spiro atoms. The van der Waals surface area contributed by atoms with Crippen LogP contribution in [0.15, 0.2) is 0 Å².